The molecule has 3 aromatic rings. The third-order valence-electron chi connectivity index (χ3n) is 4.10. The molecule has 1 aliphatic rings. The standard InChI is InChI=1S/C18H14N4O2/c1-22-16-7-6-12(8-11(16)9-17(22)23)20-18(24)15-10-19-13-4-2-3-5-14(13)21-15/h2-8,10H,9H2,1H3,(H,20,24). The smallest absolute Gasteiger partial charge is 0.275 e. The van der Waals surface area contributed by atoms with E-state index < -0.39 is 0 Å². The molecule has 0 spiro atoms. The van der Waals surface area contributed by atoms with E-state index in [-0.39, 0.29) is 17.5 Å². The van der Waals surface area contributed by atoms with Crippen molar-refractivity contribution in [2.24, 2.45) is 0 Å². The van der Waals surface area contributed by atoms with E-state index in [0.29, 0.717) is 17.6 Å². The molecule has 1 aliphatic heterocycles. The first kappa shape index (κ1) is 14.3. The zero-order chi connectivity index (χ0) is 16.7. The molecule has 0 radical (unpaired) electrons. The highest BCUT2D eigenvalue weighted by Crippen LogP contribution is 2.30. The lowest BCUT2D eigenvalue weighted by molar-refractivity contribution is -0.117. The minimum atomic E-state index is -0.328. The van der Waals surface area contributed by atoms with Crippen LogP contribution in [0.25, 0.3) is 11.0 Å². The largest absolute Gasteiger partial charge is 0.321 e. The summed E-state index contributed by atoms with van der Waals surface area (Å²) in [6.45, 7) is 0. The molecule has 6 nitrogen and oxygen atoms in total. The second kappa shape index (κ2) is 5.42. The maximum Gasteiger partial charge on any atom is 0.275 e. The summed E-state index contributed by atoms with van der Waals surface area (Å²) in [6.07, 6.45) is 1.81. The number of carbonyl (C=O) groups excluding carboxylic acids is 2. The zero-order valence-electron chi connectivity index (χ0n) is 13.0. The van der Waals surface area contributed by atoms with Crippen LogP contribution in [0.3, 0.4) is 0 Å². The Kier molecular flexibility index (Phi) is 3.23. The van der Waals surface area contributed by atoms with Gasteiger partial charge in [-0.05, 0) is 35.9 Å². The maximum atomic E-state index is 12.4. The Morgan fingerprint density at radius 1 is 1.17 bits per heavy atom. The van der Waals surface area contributed by atoms with Gasteiger partial charge in [0, 0.05) is 18.4 Å². The van der Waals surface area contributed by atoms with Gasteiger partial charge >= 0.3 is 0 Å². The quantitative estimate of drug-likeness (QED) is 0.787. The predicted octanol–water partition coefficient (Wildman–Crippen LogP) is 2.40. The number of benzene rings is 2. The molecule has 0 bridgehead atoms. The van der Waals surface area contributed by atoms with Crippen molar-refractivity contribution < 1.29 is 9.59 Å². The van der Waals surface area contributed by atoms with Gasteiger partial charge in [-0.1, -0.05) is 12.1 Å². The molecule has 0 saturated heterocycles. The van der Waals surface area contributed by atoms with Gasteiger partial charge in [-0.25, -0.2) is 4.98 Å². The van der Waals surface area contributed by atoms with Crippen molar-refractivity contribution >= 4 is 34.2 Å². The van der Waals surface area contributed by atoms with Crippen LogP contribution in [0.15, 0.2) is 48.7 Å². The molecule has 2 heterocycles. The van der Waals surface area contributed by atoms with Crippen LogP contribution >= 0.6 is 0 Å². The van der Waals surface area contributed by atoms with Crippen molar-refractivity contribution in [3.05, 3.63) is 59.9 Å². The fourth-order valence-electron chi connectivity index (χ4n) is 2.81. The molecule has 0 unspecified atom stereocenters. The fraction of sp³-hybridized carbons (Fsp3) is 0.111. The number of rotatable bonds is 2. The summed E-state index contributed by atoms with van der Waals surface area (Å²) < 4.78 is 0. The molecule has 1 N–H and O–H groups in total. The van der Waals surface area contributed by atoms with Crippen LogP contribution in [0.5, 0.6) is 0 Å². The lowest BCUT2D eigenvalue weighted by atomic mass is 10.1. The van der Waals surface area contributed by atoms with E-state index in [1.807, 2.05) is 36.4 Å². The first-order valence-corrected chi connectivity index (χ1v) is 7.54. The highest BCUT2D eigenvalue weighted by Gasteiger charge is 2.24. The van der Waals surface area contributed by atoms with Crippen molar-refractivity contribution in [3.63, 3.8) is 0 Å². The summed E-state index contributed by atoms with van der Waals surface area (Å²) in [4.78, 5) is 34.3. The first-order chi connectivity index (χ1) is 11.6. The molecule has 0 aliphatic carbocycles. The number of hydrogen-bond acceptors (Lipinski definition) is 4. The summed E-state index contributed by atoms with van der Waals surface area (Å²) in [5.74, 6) is -0.278. The van der Waals surface area contributed by atoms with Gasteiger partial charge in [0.2, 0.25) is 5.91 Å². The topological polar surface area (TPSA) is 75.2 Å². The molecule has 1 aromatic heterocycles. The average molecular weight is 318 g/mol. The molecule has 4 rings (SSSR count). The Bertz CT molecular complexity index is 984. The van der Waals surface area contributed by atoms with Crippen molar-refractivity contribution in [1.82, 2.24) is 9.97 Å². The summed E-state index contributed by atoms with van der Waals surface area (Å²) in [5, 5.41) is 2.81. The van der Waals surface area contributed by atoms with Gasteiger partial charge in [0.25, 0.3) is 5.91 Å². The number of fused-ring (bicyclic) bond motifs is 2. The molecule has 6 heteroatoms. The number of likely N-dealkylation sites (N-methyl/N-ethyl adjacent to an activating group) is 1. The maximum absolute atomic E-state index is 12.4. The molecule has 0 atom stereocenters. The molecule has 24 heavy (non-hydrogen) atoms. The Morgan fingerprint density at radius 3 is 2.79 bits per heavy atom. The number of anilines is 2. The summed E-state index contributed by atoms with van der Waals surface area (Å²) in [7, 11) is 1.75. The lowest BCUT2D eigenvalue weighted by Gasteiger charge is -2.11. The van der Waals surface area contributed by atoms with Crippen molar-refractivity contribution in [3.8, 4) is 0 Å². The number of nitrogens with zero attached hydrogens (tertiary/aromatic N) is 3. The van der Waals surface area contributed by atoms with Crippen molar-refractivity contribution in [2.75, 3.05) is 17.3 Å². The third-order valence-corrected chi connectivity index (χ3v) is 4.10. The Hall–Kier alpha value is -3.28. The fourth-order valence-corrected chi connectivity index (χ4v) is 2.81. The van der Waals surface area contributed by atoms with E-state index in [1.54, 1.807) is 18.0 Å². The molecule has 2 aromatic carbocycles. The van der Waals surface area contributed by atoms with Crippen LogP contribution in [0.4, 0.5) is 11.4 Å². The zero-order valence-corrected chi connectivity index (χ0v) is 13.0. The van der Waals surface area contributed by atoms with Gasteiger partial charge < -0.3 is 10.2 Å². The summed E-state index contributed by atoms with van der Waals surface area (Å²) in [5.41, 5.74) is 4.09. The third kappa shape index (κ3) is 2.38. The van der Waals surface area contributed by atoms with Crippen LogP contribution < -0.4 is 10.2 Å². The van der Waals surface area contributed by atoms with Crippen LogP contribution in [0, 0.1) is 0 Å². The van der Waals surface area contributed by atoms with Gasteiger partial charge in [0.15, 0.2) is 0 Å². The van der Waals surface area contributed by atoms with Crippen LogP contribution in [-0.4, -0.2) is 28.8 Å². The number of aromatic nitrogens is 2. The summed E-state index contributed by atoms with van der Waals surface area (Å²) >= 11 is 0. The molecule has 0 saturated carbocycles. The van der Waals surface area contributed by atoms with Crippen LogP contribution in [0.2, 0.25) is 0 Å². The molecular weight excluding hydrogens is 304 g/mol. The van der Waals surface area contributed by atoms with Gasteiger partial charge in [-0.15, -0.1) is 0 Å². The van der Waals surface area contributed by atoms with Crippen LogP contribution in [-0.2, 0) is 11.2 Å². The Balaban J connectivity index is 1.60. The van der Waals surface area contributed by atoms with E-state index in [0.717, 1.165) is 16.8 Å². The lowest BCUT2D eigenvalue weighted by Crippen LogP contribution is -2.20. The normalized spacial score (nSPS) is 13.2. The van der Waals surface area contributed by atoms with E-state index in [9.17, 15) is 9.59 Å². The SMILES string of the molecule is CN1C(=O)Cc2cc(NC(=O)c3cnc4ccccc4n3)ccc21. The van der Waals surface area contributed by atoms with Gasteiger partial charge in [0.1, 0.15) is 5.69 Å². The average Bonchev–Trinajstić information content (AvgIpc) is 2.88. The van der Waals surface area contributed by atoms with Crippen molar-refractivity contribution in [1.29, 1.82) is 0 Å². The second-order valence-corrected chi connectivity index (χ2v) is 5.67. The molecular formula is C18H14N4O2. The molecule has 118 valence electrons. The number of carbonyl (C=O) groups is 2. The number of amides is 2. The second-order valence-electron chi connectivity index (χ2n) is 5.67. The monoisotopic (exact) mass is 318 g/mol. The minimum Gasteiger partial charge on any atom is -0.321 e. The number of para-hydroxylation sites is 2. The van der Waals surface area contributed by atoms with E-state index in [1.165, 1.54) is 6.20 Å². The van der Waals surface area contributed by atoms with E-state index >= 15 is 0 Å². The van der Waals surface area contributed by atoms with Gasteiger partial charge in [-0.3, -0.25) is 14.6 Å². The Morgan fingerprint density at radius 2 is 1.96 bits per heavy atom. The first-order valence-electron chi connectivity index (χ1n) is 7.54. The van der Waals surface area contributed by atoms with Crippen molar-refractivity contribution in [2.45, 2.75) is 6.42 Å². The highest BCUT2D eigenvalue weighted by atomic mass is 16.2. The summed E-state index contributed by atoms with van der Waals surface area (Å²) in [6, 6.07) is 12.8. The predicted molar refractivity (Wildman–Crippen MR) is 91.0 cm³/mol. The van der Waals surface area contributed by atoms with Crippen LogP contribution in [0.1, 0.15) is 16.1 Å². The number of hydrogen-bond donors (Lipinski definition) is 1. The molecule has 2 amide bonds. The van der Waals surface area contributed by atoms with Gasteiger partial charge in [0.05, 0.1) is 23.7 Å². The number of nitrogens with one attached hydrogen (secondary N) is 1. The highest BCUT2D eigenvalue weighted by molar-refractivity contribution is 6.05. The minimum absolute atomic E-state index is 0.0499. The molecule has 0 fully saturated rings. The van der Waals surface area contributed by atoms with Gasteiger partial charge in [-0.2, -0.15) is 0 Å². The Labute approximate surface area is 138 Å². The van der Waals surface area contributed by atoms with E-state index in [2.05, 4.69) is 15.3 Å². The van der Waals surface area contributed by atoms with E-state index in [4.69, 9.17) is 0 Å².